The molecular weight excluding hydrogens is 324 g/mol. The van der Waals surface area contributed by atoms with E-state index < -0.39 is 5.91 Å². The number of carbonyl (C=O) groups is 1. The number of rotatable bonds is 8. The second-order valence-electron chi connectivity index (χ2n) is 5.91. The lowest BCUT2D eigenvalue weighted by Crippen LogP contribution is -2.14. The lowest BCUT2D eigenvalue weighted by atomic mass is 10.1. The van der Waals surface area contributed by atoms with Gasteiger partial charge >= 0.3 is 0 Å². The Balaban J connectivity index is 2.09. The average molecular weight is 348 g/mol. The van der Waals surface area contributed by atoms with Crippen LogP contribution in [-0.2, 0) is 11.2 Å². The quantitative estimate of drug-likeness (QED) is 0.416. The molecule has 1 amide bonds. The molecule has 0 atom stereocenters. The SMILES string of the molecule is CCCCOc1ccc(/C=C(\C#N)C(=O)Nc2ccccc2CC)cc1. The Kier molecular flexibility index (Phi) is 7.45. The van der Waals surface area contributed by atoms with Gasteiger partial charge in [0.2, 0.25) is 0 Å². The van der Waals surface area contributed by atoms with Crippen molar-refractivity contribution in [1.82, 2.24) is 0 Å². The van der Waals surface area contributed by atoms with Gasteiger partial charge in [-0.1, -0.05) is 50.6 Å². The van der Waals surface area contributed by atoms with E-state index in [4.69, 9.17) is 4.74 Å². The van der Waals surface area contributed by atoms with Gasteiger partial charge in [0.25, 0.3) is 5.91 Å². The van der Waals surface area contributed by atoms with Crippen LogP contribution in [-0.4, -0.2) is 12.5 Å². The summed E-state index contributed by atoms with van der Waals surface area (Å²) in [5.74, 6) is 0.382. The molecule has 0 aliphatic carbocycles. The Morgan fingerprint density at radius 3 is 2.54 bits per heavy atom. The molecule has 0 spiro atoms. The number of anilines is 1. The number of carbonyl (C=O) groups excluding carboxylic acids is 1. The third-order valence-corrected chi connectivity index (χ3v) is 3.97. The van der Waals surface area contributed by atoms with E-state index in [1.165, 1.54) is 0 Å². The summed E-state index contributed by atoms with van der Waals surface area (Å²) in [6.07, 6.45) is 4.49. The number of benzene rings is 2. The van der Waals surface area contributed by atoms with Crippen LogP contribution in [0.25, 0.3) is 6.08 Å². The van der Waals surface area contributed by atoms with E-state index in [1.807, 2.05) is 61.5 Å². The molecule has 0 radical (unpaired) electrons. The molecular formula is C22H24N2O2. The van der Waals surface area contributed by atoms with Crippen molar-refractivity contribution >= 4 is 17.7 Å². The Morgan fingerprint density at radius 2 is 1.88 bits per heavy atom. The Labute approximate surface area is 155 Å². The van der Waals surface area contributed by atoms with Crippen LogP contribution in [0.3, 0.4) is 0 Å². The summed E-state index contributed by atoms with van der Waals surface area (Å²) in [6.45, 7) is 4.83. The Bertz CT molecular complexity index is 802. The molecule has 0 fully saturated rings. The number of aryl methyl sites for hydroxylation is 1. The zero-order chi connectivity index (χ0) is 18.8. The maximum Gasteiger partial charge on any atom is 0.266 e. The van der Waals surface area contributed by atoms with Gasteiger partial charge in [-0.2, -0.15) is 5.26 Å². The van der Waals surface area contributed by atoms with Crippen LogP contribution in [0.15, 0.2) is 54.1 Å². The standard InChI is InChI=1S/C22H24N2O2/c1-3-5-14-26-20-12-10-17(11-13-20)15-19(16-23)22(25)24-21-9-7-6-8-18(21)4-2/h6-13,15H,3-5,14H2,1-2H3,(H,24,25)/b19-15+. The monoisotopic (exact) mass is 348 g/mol. The van der Waals surface area contributed by atoms with E-state index in [2.05, 4.69) is 12.2 Å². The number of para-hydroxylation sites is 1. The van der Waals surface area contributed by atoms with E-state index in [1.54, 1.807) is 6.08 Å². The minimum absolute atomic E-state index is 0.0653. The number of hydrogen-bond donors (Lipinski definition) is 1. The third-order valence-electron chi connectivity index (χ3n) is 3.97. The van der Waals surface area contributed by atoms with Gasteiger partial charge in [-0.15, -0.1) is 0 Å². The summed E-state index contributed by atoms with van der Waals surface area (Å²) in [6, 6.07) is 17.0. The number of unbranched alkanes of at least 4 members (excludes halogenated alkanes) is 1. The zero-order valence-electron chi connectivity index (χ0n) is 15.3. The zero-order valence-corrected chi connectivity index (χ0v) is 15.3. The highest BCUT2D eigenvalue weighted by molar-refractivity contribution is 6.09. The smallest absolute Gasteiger partial charge is 0.266 e. The first-order valence-corrected chi connectivity index (χ1v) is 8.91. The first-order chi connectivity index (χ1) is 12.7. The van der Waals surface area contributed by atoms with Gasteiger partial charge in [0.1, 0.15) is 17.4 Å². The molecule has 134 valence electrons. The maximum atomic E-state index is 12.4. The van der Waals surface area contributed by atoms with Crippen molar-refractivity contribution in [3.05, 3.63) is 65.2 Å². The summed E-state index contributed by atoms with van der Waals surface area (Å²) in [5, 5.41) is 12.2. The number of amides is 1. The molecule has 0 aromatic heterocycles. The predicted molar refractivity (Wildman–Crippen MR) is 105 cm³/mol. The second kappa shape index (κ2) is 10.0. The van der Waals surface area contributed by atoms with Crippen molar-refractivity contribution < 1.29 is 9.53 Å². The fraction of sp³-hybridized carbons (Fsp3) is 0.273. The van der Waals surface area contributed by atoms with Crippen LogP contribution in [0.2, 0.25) is 0 Å². The summed E-state index contributed by atoms with van der Waals surface area (Å²) in [7, 11) is 0. The lowest BCUT2D eigenvalue weighted by molar-refractivity contribution is -0.112. The average Bonchev–Trinajstić information content (AvgIpc) is 2.67. The predicted octanol–water partition coefficient (Wildman–Crippen LogP) is 4.97. The maximum absolute atomic E-state index is 12.4. The second-order valence-corrected chi connectivity index (χ2v) is 5.91. The number of ether oxygens (including phenoxy) is 1. The molecule has 0 saturated carbocycles. The molecule has 2 aromatic carbocycles. The molecule has 0 unspecified atom stereocenters. The van der Waals surface area contributed by atoms with E-state index >= 15 is 0 Å². The van der Waals surface area contributed by atoms with Crippen molar-refractivity contribution in [3.63, 3.8) is 0 Å². The molecule has 0 aliphatic rings. The molecule has 0 bridgehead atoms. The molecule has 0 saturated heterocycles. The molecule has 2 rings (SSSR count). The minimum Gasteiger partial charge on any atom is -0.494 e. The van der Waals surface area contributed by atoms with Crippen molar-refractivity contribution in [3.8, 4) is 11.8 Å². The van der Waals surface area contributed by atoms with Crippen molar-refractivity contribution in [1.29, 1.82) is 5.26 Å². The fourth-order valence-electron chi connectivity index (χ4n) is 2.45. The minimum atomic E-state index is -0.406. The molecule has 4 heteroatoms. The summed E-state index contributed by atoms with van der Waals surface area (Å²) >= 11 is 0. The van der Waals surface area contributed by atoms with Gasteiger partial charge in [-0.3, -0.25) is 4.79 Å². The van der Waals surface area contributed by atoms with Gasteiger partial charge in [0, 0.05) is 5.69 Å². The van der Waals surface area contributed by atoms with Gasteiger partial charge in [-0.25, -0.2) is 0 Å². The Hall–Kier alpha value is -3.06. The number of hydrogen-bond acceptors (Lipinski definition) is 3. The van der Waals surface area contributed by atoms with E-state index in [0.717, 1.165) is 41.8 Å². The normalized spacial score (nSPS) is 10.9. The highest BCUT2D eigenvalue weighted by atomic mass is 16.5. The summed E-state index contributed by atoms with van der Waals surface area (Å²) < 4.78 is 5.62. The van der Waals surface area contributed by atoms with Crippen molar-refractivity contribution in [2.45, 2.75) is 33.1 Å². The molecule has 0 aliphatic heterocycles. The van der Waals surface area contributed by atoms with Gasteiger partial charge in [0.05, 0.1) is 6.61 Å². The van der Waals surface area contributed by atoms with Gasteiger partial charge in [0.15, 0.2) is 0 Å². The number of nitrogens with zero attached hydrogens (tertiary/aromatic N) is 1. The van der Waals surface area contributed by atoms with Gasteiger partial charge < -0.3 is 10.1 Å². The van der Waals surface area contributed by atoms with E-state index in [0.29, 0.717) is 6.61 Å². The number of nitrogens with one attached hydrogen (secondary N) is 1. The summed E-state index contributed by atoms with van der Waals surface area (Å²) in [4.78, 5) is 12.4. The van der Waals surface area contributed by atoms with Crippen molar-refractivity contribution in [2.75, 3.05) is 11.9 Å². The lowest BCUT2D eigenvalue weighted by Gasteiger charge is -2.09. The fourth-order valence-corrected chi connectivity index (χ4v) is 2.45. The molecule has 4 nitrogen and oxygen atoms in total. The number of nitriles is 1. The highest BCUT2D eigenvalue weighted by Gasteiger charge is 2.11. The van der Waals surface area contributed by atoms with Crippen LogP contribution >= 0.6 is 0 Å². The third kappa shape index (κ3) is 5.49. The van der Waals surface area contributed by atoms with Crippen LogP contribution in [0.4, 0.5) is 5.69 Å². The van der Waals surface area contributed by atoms with Crippen LogP contribution in [0.5, 0.6) is 5.75 Å². The van der Waals surface area contributed by atoms with Crippen LogP contribution in [0.1, 0.15) is 37.8 Å². The largest absolute Gasteiger partial charge is 0.494 e. The molecule has 0 heterocycles. The molecule has 1 N–H and O–H groups in total. The van der Waals surface area contributed by atoms with Crippen LogP contribution < -0.4 is 10.1 Å². The van der Waals surface area contributed by atoms with Crippen molar-refractivity contribution in [2.24, 2.45) is 0 Å². The topological polar surface area (TPSA) is 62.1 Å². The van der Waals surface area contributed by atoms with E-state index in [-0.39, 0.29) is 5.57 Å². The first kappa shape index (κ1) is 19.3. The van der Waals surface area contributed by atoms with Crippen LogP contribution in [0, 0.1) is 11.3 Å². The Morgan fingerprint density at radius 1 is 1.15 bits per heavy atom. The van der Waals surface area contributed by atoms with E-state index in [9.17, 15) is 10.1 Å². The molecule has 2 aromatic rings. The van der Waals surface area contributed by atoms with Gasteiger partial charge in [-0.05, 0) is 48.2 Å². The highest BCUT2D eigenvalue weighted by Crippen LogP contribution is 2.18. The molecule has 26 heavy (non-hydrogen) atoms. The first-order valence-electron chi connectivity index (χ1n) is 8.91. The summed E-state index contributed by atoms with van der Waals surface area (Å²) in [5.41, 5.74) is 2.62.